The van der Waals surface area contributed by atoms with Crippen molar-refractivity contribution in [2.24, 2.45) is 0 Å². The molecule has 5 nitrogen and oxygen atoms in total. The lowest BCUT2D eigenvalue weighted by molar-refractivity contribution is -0.137. The fourth-order valence-corrected chi connectivity index (χ4v) is 2.92. The number of carbonyl (C=O) groups is 1. The average molecular weight is 372 g/mol. The molecule has 0 heterocycles. The number of nitrogens with one attached hydrogen (secondary N) is 2. The largest absolute Gasteiger partial charge is 0.416 e. The van der Waals surface area contributed by atoms with Gasteiger partial charge in [-0.2, -0.15) is 13.2 Å². The normalized spacial score (nSPS) is 11.8. The van der Waals surface area contributed by atoms with Crippen LogP contribution in [0.25, 0.3) is 0 Å². The SMILES string of the molecule is O=C(NCCS(=O)(=O)Nc1ccccc1)c1ccc(C(F)(F)F)cc1. The van der Waals surface area contributed by atoms with E-state index in [2.05, 4.69) is 10.0 Å². The van der Waals surface area contributed by atoms with Crippen molar-refractivity contribution < 1.29 is 26.4 Å². The first-order chi connectivity index (χ1) is 11.7. The Morgan fingerprint density at radius 2 is 1.56 bits per heavy atom. The van der Waals surface area contributed by atoms with Gasteiger partial charge < -0.3 is 5.32 Å². The van der Waals surface area contributed by atoms with Crippen molar-refractivity contribution in [1.82, 2.24) is 5.32 Å². The van der Waals surface area contributed by atoms with Crippen molar-refractivity contribution in [2.75, 3.05) is 17.0 Å². The summed E-state index contributed by atoms with van der Waals surface area (Å²) in [7, 11) is -3.65. The topological polar surface area (TPSA) is 75.3 Å². The Hall–Kier alpha value is -2.55. The van der Waals surface area contributed by atoms with Gasteiger partial charge in [-0.3, -0.25) is 9.52 Å². The molecule has 0 fully saturated rings. The maximum atomic E-state index is 12.5. The quantitative estimate of drug-likeness (QED) is 0.819. The van der Waals surface area contributed by atoms with Crippen molar-refractivity contribution in [1.29, 1.82) is 0 Å². The molecule has 9 heteroatoms. The predicted octanol–water partition coefficient (Wildman–Crippen LogP) is 2.88. The van der Waals surface area contributed by atoms with Crippen LogP contribution in [-0.2, 0) is 16.2 Å². The number of amides is 1. The van der Waals surface area contributed by atoms with Crippen molar-refractivity contribution >= 4 is 21.6 Å². The summed E-state index contributed by atoms with van der Waals surface area (Å²) in [5.74, 6) is -1.02. The number of carbonyl (C=O) groups excluding carboxylic acids is 1. The minimum absolute atomic E-state index is 0.0152. The molecule has 0 atom stereocenters. The summed E-state index contributed by atoms with van der Waals surface area (Å²) in [5.41, 5.74) is -0.448. The first-order valence-corrected chi connectivity index (χ1v) is 8.84. The van der Waals surface area contributed by atoms with Gasteiger partial charge in [0.2, 0.25) is 10.0 Å². The highest BCUT2D eigenvalue weighted by molar-refractivity contribution is 7.92. The average Bonchev–Trinajstić information content (AvgIpc) is 2.54. The van der Waals surface area contributed by atoms with E-state index in [1.165, 1.54) is 0 Å². The molecule has 2 aromatic rings. The number of benzene rings is 2. The summed E-state index contributed by atoms with van der Waals surface area (Å²) >= 11 is 0. The van der Waals surface area contributed by atoms with Gasteiger partial charge in [0.05, 0.1) is 11.3 Å². The van der Waals surface area contributed by atoms with Gasteiger partial charge in [0, 0.05) is 17.8 Å². The third-order valence-corrected chi connectivity index (χ3v) is 4.47. The van der Waals surface area contributed by atoms with E-state index in [1.807, 2.05) is 0 Å². The van der Waals surface area contributed by atoms with Crippen LogP contribution in [0, 0.1) is 0 Å². The van der Waals surface area contributed by atoms with Crippen LogP contribution in [0.4, 0.5) is 18.9 Å². The zero-order chi connectivity index (χ0) is 18.5. The number of para-hydroxylation sites is 1. The molecule has 0 bridgehead atoms. The fraction of sp³-hybridized carbons (Fsp3) is 0.188. The molecule has 0 unspecified atom stereocenters. The summed E-state index contributed by atoms with van der Waals surface area (Å²) in [6.45, 7) is -0.179. The lowest BCUT2D eigenvalue weighted by atomic mass is 10.1. The number of anilines is 1. The van der Waals surface area contributed by atoms with E-state index >= 15 is 0 Å². The molecular formula is C16H15F3N2O3S. The zero-order valence-electron chi connectivity index (χ0n) is 12.9. The lowest BCUT2D eigenvalue weighted by Crippen LogP contribution is -2.31. The van der Waals surface area contributed by atoms with E-state index in [-0.39, 0.29) is 17.9 Å². The molecule has 0 radical (unpaired) electrons. The predicted molar refractivity (Wildman–Crippen MR) is 87.6 cm³/mol. The second kappa shape index (κ2) is 7.56. The van der Waals surface area contributed by atoms with E-state index < -0.39 is 27.7 Å². The van der Waals surface area contributed by atoms with Gasteiger partial charge in [-0.1, -0.05) is 18.2 Å². The maximum absolute atomic E-state index is 12.5. The fourth-order valence-electron chi connectivity index (χ4n) is 1.95. The first-order valence-electron chi connectivity index (χ1n) is 7.18. The highest BCUT2D eigenvalue weighted by Gasteiger charge is 2.30. The molecule has 1 amide bonds. The molecule has 0 aliphatic carbocycles. The minimum atomic E-state index is -4.48. The van der Waals surface area contributed by atoms with Crippen LogP contribution in [0.2, 0.25) is 0 Å². The summed E-state index contributed by atoms with van der Waals surface area (Å²) in [6, 6.07) is 11.9. The molecule has 2 N–H and O–H groups in total. The van der Waals surface area contributed by atoms with E-state index in [1.54, 1.807) is 30.3 Å². The van der Waals surface area contributed by atoms with Crippen LogP contribution in [0.15, 0.2) is 54.6 Å². The Balaban J connectivity index is 1.87. The molecule has 0 spiro atoms. The molecule has 2 aromatic carbocycles. The summed E-state index contributed by atoms with van der Waals surface area (Å²) in [5, 5.41) is 2.36. The molecule has 2 rings (SSSR count). The molecule has 25 heavy (non-hydrogen) atoms. The minimum Gasteiger partial charge on any atom is -0.351 e. The molecule has 0 aliphatic rings. The van der Waals surface area contributed by atoms with E-state index in [4.69, 9.17) is 0 Å². The molecule has 134 valence electrons. The third kappa shape index (κ3) is 5.79. The van der Waals surface area contributed by atoms with Gasteiger partial charge in [0.25, 0.3) is 5.91 Å². The van der Waals surface area contributed by atoms with Crippen molar-refractivity contribution in [2.45, 2.75) is 6.18 Å². The van der Waals surface area contributed by atoms with Gasteiger partial charge in [-0.05, 0) is 36.4 Å². The highest BCUT2D eigenvalue weighted by Crippen LogP contribution is 2.29. The Morgan fingerprint density at radius 3 is 2.12 bits per heavy atom. The van der Waals surface area contributed by atoms with Crippen LogP contribution in [0.5, 0.6) is 0 Å². The van der Waals surface area contributed by atoms with Crippen LogP contribution in [0.1, 0.15) is 15.9 Å². The smallest absolute Gasteiger partial charge is 0.351 e. The summed E-state index contributed by atoms with van der Waals surface area (Å²) in [4.78, 5) is 11.8. The number of halogens is 3. The third-order valence-electron chi connectivity index (χ3n) is 3.18. The van der Waals surface area contributed by atoms with Crippen LogP contribution in [-0.4, -0.2) is 26.6 Å². The second-order valence-corrected chi connectivity index (χ2v) is 6.96. The summed E-state index contributed by atoms with van der Waals surface area (Å²) in [6.07, 6.45) is -4.48. The van der Waals surface area contributed by atoms with Crippen LogP contribution < -0.4 is 10.0 Å². The zero-order valence-corrected chi connectivity index (χ0v) is 13.7. The molecule has 0 aliphatic heterocycles. The Kier molecular flexibility index (Phi) is 5.68. The van der Waals surface area contributed by atoms with E-state index in [0.717, 1.165) is 24.3 Å². The Morgan fingerprint density at radius 1 is 0.960 bits per heavy atom. The van der Waals surface area contributed by atoms with Gasteiger partial charge in [-0.25, -0.2) is 8.42 Å². The molecular weight excluding hydrogens is 357 g/mol. The summed E-state index contributed by atoms with van der Waals surface area (Å²) < 4.78 is 63.5. The molecule has 0 saturated carbocycles. The van der Waals surface area contributed by atoms with Crippen LogP contribution >= 0.6 is 0 Å². The lowest BCUT2D eigenvalue weighted by Gasteiger charge is -2.10. The number of sulfonamides is 1. The highest BCUT2D eigenvalue weighted by atomic mass is 32.2. The number of alkyl halides is 3. The van der Waals surface area contributed by atoms with E-state index in [9.17, 15) is 26.4 Å². The first kappa shape index (κ1) is 18.8. The number of rotatable bonds is 6. The van der Waals surface area contributed by atoms with Gasteiger partial charge in [-0.15, -0.1) is 0 Å². The monoisotopic (exact) mass is 372 g/mol. The Labute approximate surface area is 142 Å². The number of hydrogen-bond donors (Lipinski definition) is 2. The molecule has 0 aromatic heterocycles. The van der Waals surface area contributed by atoms with Crippen molar-refractivity contribution in [3.05, 3.63) is 65.7 Å². The standard InChI is InChI=1S/C16H15F3N2O3S/c17-16(18,19)13-8-6-12(7-9-13)15(22)20-10-11-25(23,24)21-14-4-2-1-3-5-14/h1-9,21H,10-11H2,(H,20,22). The van der Waals surface area contributed by atoms with Crippen molar-refractivity contribution in [3.63, 3.8) is 0 Å². The van der Waals surface area contributed by atoms with Gasteiger partial charge >= 0.3 is 6.18 Å². The number of hydrogen-bond acceptors (Lipinski definition) is 3. The van der Waals surface area contributed by atoms with Gasteiger partial charge in [0.1, 0.15) is 0 Å². The van der Waals surface area contributed by atoms with Crippen molar-refractivity contribution in [3.8, 4) is 0 Å². The van der Waals surface area contributed by atoms with Gasteiger partial charge in [0.15, 0.2) is 0 Å². The maximum Gasteiger partial charge on any atom is 0.416 e. The van der Waals surface area contributed by atoms with Crippen LogP contribution in [0.3, 0.4) is 0 Å². The molecule has 0 saturated heterocycles. The van der Waals surface area contributed by atoms with E-state index in [0.29, 0.717) is 5.69 Å². The second-order valence-electron chi connectivity index (χ2n) is 5.12. The Bertz CT molecular complexity index is 820.